The molecule has 0 aliphatic carbocycles. The predicted octanol–water partition coefficient (Wildman–Crippen LogP) is -0.340. The summed E-state index contributed by atoms with van der Waals surface area (Å²) in [6.45, 7) is 2.93. The van der Waals surface area contributed by atoms with Gasteiger partial charge in [-0.2, -0.15) is 5.26 Å². The van der Waals surface area contributed by atoms with E-state index in [1.54, 1.807) is 6.07 Å². The van der Waals surface area contributed by atoms with Crippen molar-refractivity contribution in [1.29, 1.82) is 5.26 Å². The van der Waals surface area contributed by atoms with E-state index in [9.17, 15) is 8.42 Å². The van der Waals surface area contributed by atoms with Gasteiger partial charge in [0.2, 0.25) is 0 Å². The first-order chi connectivity index (χ1) is 4.96. The number of nitrogens with zero attached hydrogens (tertiary/aromatic N) is 1. The minimum Gasteiger partial charge on any atom is -0.329 e. The van der Waals surface area contributed by atoms with Crippen LogP contribution in [0.1, 0.15) is 13.8 Å². The van der Waals surface area contributed by atoms with Crippen LogP contribution in [0.2, 0.25) is 0 Å². The van der Waals surface area contributed by atoms with E-state index in [0.29, 0.717) is 0 Å². The van der Waals surface area contributed by atoms with E-state index < -0.39 is 20.3 Å². The van der Waals surface area contributed by atoms with E-state index in [1.807, 2.05) is 0 Å². The van der Waals surface area contributed by atoms with E-state index in [0.717, 1.165) is 0 Å². The summed E-state index contributed by atoms with van der Waals surface area (Å²) in [7, 11) is -3.33. The minimum atomic E-state index is -3.33. The zero-order valence-electron chi connectivity index (χ0n) is 6.61. The van der Waals surface area contributed by atoms with Crippen molar-refractivity contribution >= 4 is 9.84 Å². The molecule has 0 amide bonds. The van der Waals surface area contributed by atoms with Gasteiger partial charge in [-0.25, -0.2) is 8.42 Å². The van der Waals surface area contributed by atoms with Gasteiger partial charge in [0.1, 0.15) is 5.25 Å². The summed E-state index contributed by atoms with van der Waals surface area (Å²) in [5.41, 5.74) is 5.16. The van der Waals surface area contributed by atoms with Crippen molar-refractivity contribution in [3.05, 3.63) is 0 Å². The van der Waals surface area contributed by atoms with Gasteiger partial charge in [-0.15, -0.1) is 0 Å². The van der Waals surface area contributed by atoms with Crippen molar-refractivity contribution in [2.75, 3.05) is 6.54 Å². The van der Waals surface area contributed by atoms with Gasteiger partial charge >= 0.3 is 0 Å². The average Bonchev–Trinajstić information content (AvgIpc) is 2.01. The Hall–Kier alpha value is -0.600. The van der Waals surface area contributed by atoms with Crippen LogP contribution < -0.4 is 5.73 Å². The highest BCUT2D eigenvalue weighted by Gasteiger charge is 2.26. The lowest BCUT2D eigenvalue weighted by atomic mass is 10.5. The Balaban J connectivity index is 4.64. The number of sulfone groups is 1. The van der Waals surface area contributed by atoms with Gasteiger partial charge in [0.05, 0.1) is 11.3 Å². The van der Waals surface area contributed by atoms with Crippen LogP contribution in [0.25, 0.3) is 0 Å². The van der Waals surface area contributed by atoms with Crippen molar-refractivity contribution in [2.45, 2.75) is 24.3 Å². The molecule has 0 heterocycles. The third-order valence-corrected chi connectivity index (χ3v) is 3.97. The van der Waals surface area contributed by atoms with Gasteiger partial charge in [0, 0.05) is 6.54 Å². The molecular weight excluding hydrogens is 164 g/mol. The van der Waals surface area contributed by atoms with Crippen molar-refractivity contribution in [2.24, 2.45) is 5.73 Å². The fourth-order valence-corrected chi connectivity index (χ4v) is 1.67. The normalized spacial score (nSPS) is 16.9. The molecule has 2 atom stereocenters. The molecule has 0 radical (unpaired) electrons. The maximum atomic E-state index is 11.2. The van der Waals surface area contributed by atoms with Crippen LogP contribution in [0.15, 0.2) is 0 Å². The summed E-state index contributed by atoms with van der Waals surface area (Å²) in [5.74, 6) is 0. The number of nitrogens with two attached hydrogens (primary N) is 1. The molecule has 0 aliphatic heterocycles. The second kappa shape index (κ2) is 3.69. The lowest BCUT2D eigenvalue weighted by Crippen LogP contribution is -2.32. The SMILES string of the molecule is CC(C#N)S(=O)(=O)C(C)CN. The number of rotatable bonds is 3. The molecule has 0 aromatic heterocycles. The first-order valence-electron chi connectivity index (χ1n) is 3.29. The largest absolute Gasteiger partial charge is 0.329 e. The highest BCUT2D eigenvalue weighted by molar-refractivity contribution is 7.92. The van der Waals surface area contributed by atoms with Gasteiger partial charge in [0.25, 0.3) is 0 Å². The molecule has 2 unspecified atom stereocenters. The summed E-state index contributed by atoms with van der Waals surface area (Å²) in [6, 6.07) is 1.68. The molecule has 0 aromatic rings. The van der Waals surface area contributed by atoms with Crippen LogP contribution in [0.3, 0.4) is 0 Å². The maximum absolute atomic E-state index is 11.2. The smallest absolute Gasteiger partial charge is 0.170 e. The van der Waals surface area contributed by atoms with E-state index in [2.05, 4.69) is 0 Å². The van der Waals surface area contributed by atoms with E-state index in [4.69, 9.17) is 11.0 Å². The van der Waals surface area contributed by atoms with Crippen LogP contribution in [-0.2, 0) is 9.84 Å². The molecule has 0 aliphatic rings. The Bertz CT molecular complexity index is 252. The Morgan fingerprint density at radius 2 is 2.00 bits per heavy atom. The van der Waals surface area contributed by atoms with Crippen LogP contribution >= 0.6 is 0 Å². The molecule has 0 spiro atoms. The first kappa shape index (κ1) is 10.4. The Morgan fingerprint density at radius 1 is 1.55 bits per heavy atom. The van der Waals surface area contributed by atoms with Gasteiger partial charge in [-0.05, 0) is 13.8 Å². The average molecular weight is 176 g/mol. The van der Waals surface area contributed by atoms with Crippen molar-refractivity contribution in [1.82, 2.24) is 0 Å². The van der Waals surface area contributed by atoms with Crippen LogP contribution in [0.4, 0.5) is 0 Å². The topological polar surface area (TPSA) is 84.0 Å². The van der Waals surface area contributed by atoms with E-state index in [-0.39, 0.29) is 6.54 Å². The lowest BCUT2D eigenvalue weighted by molar-refractivity contribution is 0.579. The summed E-state index contributed by atoms with van der Waals surface area (Å²) in [6.07, 6.45) is 0. The fraction of sp³-hybridized carbons (Fsp3) is 0.833. The quantitative estimate of drug-likeness (QED) is 0.637. The van der Waals surface area contributed by atoms with E-state index >= 15 is 0 Å². The molecule has 0 saturated heterocycles. The summed E-state index contributed by atoms with van der Waals surface area (Å²) in [4.78, 5) is 0. The molecule has 0 fully saturated rings. The molecule has 4 nitrogen and oxygen atoms in total. The third kappa shape index (κ3) is 2.17. The number of nitriles is 1. The zero-order valence-corrected chi connectivity index (χ0v) is 7.43. The number of hydrogen-bond donors (Lipinski definition) is 1. The van der Waals surface area contributed by atoms with Crippen molar-refractivity contribution < 1.29 is 8.42 Å². The first-order valence-corrected chi connectivity index (χ1v) is 4.90. The van der Waals surface area contributed by atoms with E-state index in [1.165, 1.54) is 13.8 Å². The monoisotopic (exact) mass is 176 g/mol. The van der Waals surface area contributed by atoms with Crippen molar-refractivity contribution in [3.8, 4) is 6.07 Å². The second-order valence-corrected chi connectivity index (χ2v) is 5.10. The Labute approximate surface area is 66.9 Å². The van der Waals surface area contributed by atoms with Gasteiger partial charge < -0.3 is 5.73 Å². The molecule has 64 valence electrons. The fourth-order valence-electron chi connectivity index (χ4n) is 0.556. The van der Waals surface area contributed by atoms with Crippen LogP contribution in [0.5, 0.6) is 0 Å². The number of hydrogen-bond acceptors (Lipinski definition) is 4. The minimum absolute atomic E-state index is 0.0638. The van der Waals surface area contributed by atoms with Gasteiger partial charge in [-0.1, -0.05) is 0 Å². The highest BCUT2D eigenvalue weighted by atomic mass is 32.2. The predicted molar refractivity (Wildman–Crippen MR) is 42.5 cm³/mol. The lowest BCUT2D eigenvalue weighted by Gasteiger charge is -2.10. The second-order valence-electron chi connectivity index (χ2n) is 2.41. The van der Waals surface area contributed by atoms with Gasteiger partial charge in [0.15, 0.2) is 9.84 Å². The molecule has 0 rings (SSSR count). The molecule has 11 heavy (non-hydrogen) atoms. The van der Waals surface area contributed by atoms with Crippen molar-refractivity contribution in [3.63, 3.8) is 0 Å². The van der Waals surface area contributed by atoms with Crippen LogP contribution in [-0.4, -0.2) is 25.5 Å². The molecule has 5 heteroatoms. The molecule has 2 N–H and O–H groups in total. The Morgan fingerprint density at radius 3 is 2.27 bits per heavy atom. The Kier molecular flexibility index (Phi) is 3.49. The third-order valence-electron chi connectivity index (χ3n) is 1.57. The highest BCUT2D eigenvalue weighted by Crippen LogP contribution is 2.06. The molecule has 0 aromatic carbocycles. The maximum Gasteiger partial charge on any atom is 0.170 e. The van der Waals surface area contributed by atoms with Gasteiger partial charge in [-0.3, -0.25) is 0 Å². The summed E-state index contributed by atoms with van der Waals surface area (Å²) in [5, 5.41) is 6.76. The summed E-state index contributed by atoms with van der Waals surface area (Å²) < 4.78 is 22.4. The standard InChI is InChI=1S/C6H12N2O2S/c1-5(3-7)11(9,10)6(2)4-8/h5-6H,3,7H2,1-2H3. The summed E-state index contributed by atoms with van der Waals surface area (Å²) >= 11 is 0. The van der Waals surface area contributed by atoms with Crippen LogP contribution in [0, 0.1) is 11.3 Å². The molecule has 0 bridgehead atoms. The zero-order chi connectivity index (χ0) is 9.07. The molecule has 0 saturated carbocycles. The molecular formula is C6H12N2O2S.